The molecule has 0 atom stereocenters. The third-order valence-corrected chi connectivity index (χ3v) is 11.8. The van der Waals surface area contributed by atoms with Gasteiger partial charge in [0.25, 0.3) is 0 Å². The van der Waals surface area contributed by atoms with Gasteiger partial charge in [-0.2, -0.15) is 0 Å². The quantitative estimate of drug-likeness (QED) is 0.176. The van der Waals surface area contributed by atoms with Crippen molar-refractivity contribution in [1.29, 1.82) is 0 Å². The minimum atomic E-state index is -0.688. The van der Waals surface area contributed by atoms with E-state index in [4.69, 9.17) is 19.7 Å². The maximum Gasteiger partial charge on any atom is 0.164 e. The lowest BCUT2D eigenvalue weighted by Crippen LogP contribution is -2.32. The summed E-state index contributed by atoms with van der Waals surface area (Å²) in [7, 11) is 0. The molecule has 0 N–H and O–H groups in total. The molecule has 0 unspecified atom stereocenters. The molecule has 1 spiro atoms. The summed E-state index contributed by atoms with van der Waals surface area (Å²) in [4.78, 5) is 20.1. The van der Waals surface area contributed by atoms with Crippen LogP contribution >= 0.6 is 0 Å². The van der Waals surface area contributed by atoms with Gasteiger partial charge in [-0.1, -0.05) is 140 Å². The number of benzene rings is 7. The van der Waals surface area contributed by atoms with E-state index in [1.165, 1.54) is 5.56 Å². The second-order valence-corrected chi connectivity index (χ2v) is 15.0. The molecule has 5 heteroatoms. The topological polar surface area (TPSA) is 60.8 Å². The Morgan fingerprint density at radius 2 is 0.966 bits per heavy atom. The van der Waals surface area contributed by atoms with E-state index in [-0.39, 0.29) is 0 Å². The standard InChI is InChI=1S/C53H36N4O/c1-33-28-29-54-32-43(33)39-20-8-6-19-38(39)36-30-42(52-56-34(2)55-51(57-52)40-21-9-7-18-37(40)35-16-4-3-5-17-35)50-41-22-10-11-23-44(41)53(47(50)31-36)45-24-12-14-26-48(45)58-49-27-15-13-25-46(49)53/h3-32H,1-2H3. The molecular weight excluding hydrogens is 709 g/mol. The first kappa shape index (κ1) is 33.8. The summed E-state index contributed by atoms with van der Waals surface area (Å²) in [5.41, 5.74) is 15.7. The molecule has 5 nitrogen and oxygen atoms in total. The van der Waals surface area contributed by atoms with Crippen LogP contribution < -0.4 is 4.74 Å². The number of aromatic nitrogens is 4. The van der Waals surface area contributed by atoms with Gasteiger partial charge in [0, 0.05) is 40.2 Å². The van der Waals surface area contributed by atoms with E-state index < -0.39 is 5.41 Å². The van der Waals surface area contributed by atoms with Crippen molar-refractivity contribution in [2.45, 2.75) is 19.3 Å². The zero-order chi connectivity index (χ0) is 38.8. The van der Waals surface area contributed by atoms with Crippen molar-refractivity contribution in [3.05, 3.63) is 216 Å². The summed E-state index contributed by atoms with van der Waals surface area (Å²) in [5, 5.41) is 0. The van der Waals surface area contributed by atoms with Crippen LogP contribution in [0.25, 0.3) is 67.3 Å². The fourth-order valence-corrected chi connectivity index (χ4v) is 9.29. The van der Waals surface area contributed by atoms with Crippen LogP contribution in [0.2, 0.25) is 0 Å². The molecule has 274 valence electrons. The van der Waals surface area contributed by atoms with Crippen molar-refractivity contribution in [2.24, 2.45) is 0 Å². The molecule has 0 amide bonds. The number of hydrogen-bond donors (Lipinski definition) is 0. The van der Waals surface area contributed by atoms with Crippen molar-refractivity contribution >= 4 is 0 Å². The monoisotopic (exact) mass is 744 g/mol. The van der Waals surface area contributed by atoms with Crippen LogP contribution in [-0.4, -0.2) is 19.9 Å². The zero-order valence-electron chi connectivity index (χ0n) is 32.0. The molecule has 1 aliphatic heterocycles. The second kappa shape index (κ2) is 13.3. The Bertz CT molecular complexity index is 3030. The Morgan fingerprint density at radius 1 is 0.414 bits per heavy atom. The molecule has 1 aliphatic carbocycles. The molecule has 3 heterocycles. The predicted octanol–water partition coefficient (Wildman–Crippen LogP) is 12.7. The van der Waals surface area contributed by atoms with Gasteiger partial charge in [-0.3, -0.25) is 4.98 Å². The number of rotatable bonds is 5. The molecule has 2 aromatic heterocycles. The molecular formula is C53H36N4O. The van der Waals surface area contributed by atoms with E-state index in [9.17, 15) is 0 Å². The lowest BCUT2D eigenvalue weighted by molar-refractivity contribution is 0.436. The highest BCUT2D eigenvalue weighted by atomic mass is 16.5. The highest BCUT2D eigenvalue weighted by Gasteiger charge is 2.52. The smallest absolute Gasteiger partial charge is 0.164 e. The summed E-state index contributed by atoms with van der Waals surface area (Å²) < 4.78 is 6.70. The van der Waals surface area contributed by atoms with Crippen LogP contribution in [0.5, 0.6) is 11.5 Å². The van der Waals surface area contributed by atoms with Gasteiger partial charge in [0.2, 0.25) is 0 Å². The number of hydrogen-bond acceptors (Lipinski definition) is 5. The maximum atomic E-state index is 6.70. The van der Waals surface area contributed by atoms with Crippen LogP contribution in [0.3, 0.4) is 0 Å². The van der Waals surface area contributed by atoms with Crippen molar-refractivity contribution in [3.63, 3.8) is 0 Å². The highest BCUT2D eigenvalue weighted by molar-refractivity contribution is 5.99. The molecule has 0 radical (unpaired) electrons. The molecule has 2 aliphatic rings. The van der Waals surface area contributed by atoms with Gasteiger partial charge in [0.15, 0.2) is 11.6 Å². The SMILES string of the molecule is Cc1nc(-c2ccccc2-c2ccccc2)nc(-c2cc(-c3ccccc3-c3cnccc3C)cc3c2-c2ccccc2C32c3ccccc3Oc3ccccc32)n1. The number of aryl methyl sites for hydroxylation is 2. The Labute approximate surface area is 337 Å². The third kappa shape index (κ3) is 5.10. The first-order valence-corrected chi connectivity index (χ1v) is 19.6. The molecule has 0 fully saturated rings. The van der Waals surface area contributed by atoms with E-state index in [0.29, 0.717) is 17.5 Å². The number of pyridine rings is 1. The van der Waals surface area contributed by atoms with Crippen LogP contribution in [-0.2, 0) is 5.41 Å². The largest absolute Gasteiger partial charge is 0.457 e. The number of nitrogens with zero attached hydrogens (tertiary/aromatic N) is 4. The summed E-state index contributed by atoms with van der Waals surface area (Å²) in [6.07, 6.45) is 3.82. The Hall–Kier alpha value is -7.50. The van der Waals surface area contributed by atoms with E-state index in [1.54, 1.807) is 0 Å². The van der Waals surface area contributed by atoms with Crippen molar-refractivity contribution in [3.8, 4) is 78.8 Å². The molecule has 9 aromatic rings. The Kier molecular flexibility index (Phi) is 7.76. The summed E-state index contributed by atoms with van der Waals surface area (Å²) in [6.45, 7) is 4.11. The normalized spacial score (nSPS) is 12.9. The van der Waals surface area contributed by atoms with Crippen molar-refractivity contribution in [1.82, 2.24) is 19.9 Å². The van der Waals surface area contributed by atoms with Crippen LogP contribution in [0.15, 0.2) is 182 Å². The van der Waals surface area contributed by atoms with Crippen molar-refractivity contribution in [2.75, 3.05) is 0 Å². The highest BCUT2D eigenvalue weighted by Crippen LogP contribution is 2.64. The van der Waals surface area contributed by atoms with Gasteiger partial charge in [-0.15, -0.1) is 0 Å². The summed E-state index contributed by atoms with van der Waals surface area (Å²) in [6, 6.07) is 60.0. The fraction of sp³-hybridized carbons (Fsp3) is 0.0566. The number of para-hydroxylation sites is 2. The summed E-state index contributed by atoms with van der Waals surface area (Å²) in [5.74, 6) is 3.60. The predicted molar refractivity (Wildman–Crippen MR) is 232 cm³/mol. The average molecular weight is 745 g/mol. The lowest BCUT2D eigenvalue weighted by Gasteiger charge is -2.39. The zero-order valence-corrected chi connectivity index (χ0v) is 32.0. The first-order chi connectivity index (χ1) is 28.6. The lowest BCUT2D eigenvalue weighted by atomic mass is 9.65. The van der Waals surface area contributed by atoms with Gasteiger partial charge >= 0.3 is 0 Å². The number of ether oxygens (including phenoxy) is 1. The average Bonchev–Trinajstić information content (AvgIpc) is 3.57. The van der Waals surface area contributed by atoms with Crippen LogP contribution in [0.1, 0.15) is 33.6 Å². The van der Waals surface area contributed by atoms with Gasteiger partial charge in [-0.25, -0.2) is 15.0 Å². The van der Waals surface area contributed by atoms with Gasteiger partial charge < -0.3 is 4.74 Å². The minimum absolute atomic E-state index is 0.624. The second-order valence-electron chi connectivity index (χ2n) is 15.0. The maximum absolute atomic E-state index is 6.70. The van der Waals surface area contributed by atoms with Gasteiger partial charge in [0.05, 0.1) is 5.41 Å². The molecule has 0 bridgehead atoms. The molecule has 11 rings (SSSR count). The molecule has 0 saturated carbocycles. The Morgan fingerprint density at radius 3 is 1.66 bits per heavy atom. The van der Waals surface area contributed by atoms with E-state index in [1.807, 2.05) is 25.4 Å². The molecule has 58 heavy (non-hydrogen) atoms. The first-order valence-electron chi connectivity index (χ1n) is 19.6. The fourth-order valence-electron chi connectivity index (χ4n) is 9.29. The van der Waals surface area contributed by atoms with E-state index >= 15 is 0 Å². The van der Waals surface area contributed by atoms with Crippen LogP contribution in [0, 0.1) is 13.8 Å². The third-order valence-electron chi connectivity index (χ3n) is 11.8. The molecule has 7 aromatic carbocycles. The van der Waals surface area contributed by atoms with E-state index in [0.717, 1.165) is 89.4 Å². The molecule has 0 saturated heterocycles. The van der Waals surface area contributed by atoms with E-state index in [2.05, 4.69) is 176 Å². The van der Waals surface area contributed by atoms with Gasteiger partial charge in [-0.05, 0) is 99.8 Å². The van der Waals surface area contributed by atoms with Crippen molar-refractivity contribution < 1.29 is 4.74 Å². The minimum Gasteiger partial charge on any atom is -0.457 e. The van der Waals surface area contributed by atoms with Gasteiger partial charge in [0.1, 0.15) is 17.3 Å². The Balaban J connectivity index is 1.26. The summed E-state index contributed by atoms with van der Waals surface area (Å²) >= 11 is 0. The van der Waals surface area contributed by atoms with Crippen LogP contribution in [0.4, 0.5) is 0 Å². The number of fused-ring (bicyclic) bond motifs is 9.